The number of phenolic OH excluding ortho intramolecular Hbond substituents is 1. The highest BCUT2D eigenvalue weighted by molar-refractivity contribution is 6.51. The first-order valence-electron chi connectivity index (χ1n) is 10.5. The highest BCUT2D eigenvalue weighted by Gasteiger charge is 2.47. The van der Waals surface area contributed by atoms with Crippen LogP contribution in [0.15, 0.2) is 78.4 Å². The summed E-state index contributed by atoms with van der Waals surface area (Å²) in [4.78, 5) is 27.5. The molecule has 1 amide bonds. The summed E-state index contributed by atoms with van der Waals surface area (Å²) in [7, 11) is 0. The molecular weight excluding hydrogens is 442 g/mol. The summed E-state index contributed by atoms with van der Waals surface area (Å²) in [5.41, 5.74) is 1.31. The van der Waals surface area contributed by atoms with Gasteiger partial charge in [0.25, 0.3) is 11.7 Å². The van der Waals surface area contributed by atoms with Crippen molar-refractivity contribution in [1.82, 2.24) is 0 Å². The number of anilines is 1. The number of Topliss-reactive ketones (excluding diaryl/α,β-unsaturated/α-hetero) is 1. The second-order valence-corrected chi connectivity index (χ2v) is 8.05. The van der Waals surface area contributed by atoms with E-state index >= 15 is 0 Å². The van der Waals surface area contributed by atoms with Crippen LogP contribution < -0.4 is 9.64 Å². The smallest absolute Gasteiger partial charge is 0.300 e. The van der Waals surface area contributed by atoms with Gasteiger partial charge in [-0.1, -0.05) is 36.7 Å². The molecule has 1 saturated heterocycles. The van der Waals surface area contributed by atoms with Gasteiger partial charge >= 0.3 is 0 Å². The molecule has 0 aliphatic carbocycles. The van der Waals surface area contributed by atoms with Crippen LogP contribution in [-0.4, -0.2) is 28.5 Å². The van der Waals surface area contributed by atoms with Crippen LogP contribution >= 0.6 is 11.6 Å². The topological polar surface area (TPSA) is 87.1 Å². The Kier molecular flexibility index (Phi) is 6.38. The summed E-state index contributed by atoms with van der Waals surface area (Å²) < 4.78 is 5.58. The third kappa shape index (κ3) is 4.43. The lowest BCUT2D eigenvalue weighted by molar-refractivity contribution is -0.132. The maximum atomic E-state index is 13.1. The number of halogens is 1. The first kappa shape index (κ1) is 22.4. The summed E-state index contributed by atoms with van der Waals surface area (Å²) in [6.07, 6.45) is 0.862. The number of amides is 1. The highest BCUT2D eigenvalue weighted by atomic mass is 35.5. The number of ether oxygens (including phenoxy) is 1. The lowest BCUT2D eigenvalue weighted by Crippen LogP contribution is -2.29. The number of hydrogen-bond donors (Lipinski definition) is 2. The summed E-state index contributed by atoms with van der Waals surface area (Å²) in [6.45, 7) is 2.57. The fraction of sp³-hybridized carbons (Fsp3) is 0.154. The van der Waals surface area contributed by atoms with Crippen molar-refractivity contribution in [3.63, 3.8) is 0 Å². The van der Waals surface area contributed by atoms with Crippen LogP contribution in [-0.2, 0) is 9.59 Å². The first-order chi connectivity index (χ1) is 15.9. The van der Waals surface area contributed by atoms with E-state index in [1.807, 2.05) is 6.92 Å². The average Bonchev–Trinajstić information content (AvgIpc) is 3.08. The number of hydrogen-bond acceptors (Lipinski definition) is 5. The van der Waals surface area contributed by atoms with Crippen LogP contribution in [0, 0.1) is 0 Å². The van der Waals surface area contributed by atoms with E-state index in [-0.39, 0.29) is 17.1 Å². The van der Waals surface area contributed by atoms with Crippen LogP contribution in [0.4, 0.5) is 5.69 Å². The number of rotatable bonds is 6. The molecule has 1 aliphatic rings. The van der Waals surface area contributed by atoms with Gasteiger partial charge in [-0.15, -0.1) is 0 Å². The van der Waals surface area contributed by atoms with E-state index in [0.717, 1.165) is 6.42 Å². The molecule has 7 heteroatoms. The zero-order chi connectivity index (χ0) is 23.5. The molecule has 168 valence electrons. The fourth-order valence-electron chi connectivity index (χ4n) is 3.78. The van der Waals surface area contributed by atoms with E-state index in [1.165, 1.54) is 17.0 Å². The number of carbonyl (C=O) groups is 2. The Bertz CT molecular complexity index is 1220. The molecular formula is C26H22ClNO5. The number of benzene rings is 3. The highest BCUT2D eigenvalue weighted by Crippen LogP contribution is 2.43. The molecule has 0 spiro atoms. The molecule has 0 aromatic heterocycles. The largest absolute Gasteiger partial charge is 0.508 e. The first-order valence-corrected chi connectivity index (χ1v) is 10.9. The van der Waals surface area contributed by atoms with Gasteiger partial charge in [0.2, 0.25) is 0 Å². The summed E-state index contributed by atoms with van der Waals surface area (Å²) in [5.74, 6) is -1.20. The molecule has 0 saturated carbocycles. The average molecular weight is 464 g/mol. The normalized spacial score (nSPS) is 17.4. The third-order valence-corrected chi connectivity index (χ3v) is 5.58. The molecule has 0 bridgehead atoms. The molecule has 1 unspecified atom stereocenters. The predicted octanol–water partition coefficient (Wildman–Crippen LogP) is 5.46. The van der Waals surface area contributed by atoms with Crippen LogP contribution in [0.5, 0.6) is 11.5 Å². The molecule has 2 N–H and O–H groups in total. The van der Waals surface area contributed by atoms with Gasteiger partial charge in [0.05, 0.1) is 18.2 Å². The molecule has 3 aromatic carbocycles. The number of aromatic hydroxyl groups is 1. The zero-order valence-electron chi connectivity index (χ0n) is 17.9. The van der Waals surface area contributed by atoms with Crippen LogP contribution in [0.3, 0.4) is 0 Å². The fourth-order valence-corrected chi connectivity index (χ4v) is 3.97. The van der Waals surface area contributed by atoms with E-state index in [1.54, 1.807) is 60.7 Å². The van der Waals surface area contributed by atoms with Crippen molar-refractivity contribution < 1.29 is 24.5 Å². The van der Waals surface area contributed by atoms with Crippen molar-refractivity contribution in [3.05, 3.63) is 94.5 Å². The molecule has 1 heterocycles. The Morgan fingerprint density at radius 3 is 2.36 bits per heavy atom. The van der Waals surface area contributed by atoms with Crippen molar-refractivity contribution >= 4 is 34.7 Å². The molecule has 6 nitrogen and oxygen atoms in total. The molecule has 1 atom stereocenters. The Labute approximate surface area is 196 Å². The molecule has 33 heavy (non-hydrogen) atoms. The second-order valence-electron chi connectivity index (χ2n) is 7.61. The number of ketones is 1. The molecule has 4 rings (SSSR count). The number of phenols is 1. The molecule has 0 radical (unpaired) electrons. The predicted molar refractivity (Wildman–Crippen MR) is 127 cm³/mol. The SMILES string of the molecule is CCCOc1ccc(/C(O)=C2\C(=O)C(=O)N(c3cccc(Cl)c3)C2c2ccc(O)cc2)cc1. The minimum Gasteiger partial charge on any atom is -0.508 e. The van der Waals surface area contributed by atoms with Crippen molar-refractivity contribution in [2.45, 2.75) is 19.4 Å². The minimum absolute atomic E-state index is 0.0427. The number of carbonyl (C=O) groups excluding carboxylic acids is 2. The maximum Gasteiger partial charge on any atom is 0.300 e. The second kappa shape index (κ2) is 9.38. The van der Waals surface area contributed by atoms with Gasteiger partial charge in [-0.25, -0.2) is 0 Å². The molecule has 3 aromatic rings. The summed E-state index contributed by atoms with van der Waals surface area (Å²) in [6, 6.07) is 18.5. The van der Waals surface area contributed by atoms with E-state index in [2.05, 4.69) is 0 Å². The van der Waals surface area contributed by atoms with Crippen LogP contribution in [0.25, 0.3) is 5.76 Å². The quantitative estimate of drug-likeness (QED) is 0.288. The van der Waals surface area contributed by atoms with Gasteiger partial charge in [-0.05, 0) is 66.6 Å². The van der Waals surface area contributed by atoms with Gasteiger partial charge < -0.3 is 14.9 Å². The van der Waals surface area contributed by atoms with E-state index in [0.29, 0.717) is 34.2 Å². The monoisotopic (exact) mass is 463 g/mol. The standard InChI is InChI=1S/C26H22ClNO5/c1-2-14-33-21-12-8-17(9-13-21)24(30)22-23(16-6-10-20(29)11-7-16)28(26(32)25(22)31)19-5-3-4-18(27)15-19/h3-13,15,23,29-30H,2,14H2,1H3/b24-22+. The zero-order valence-corrected chi connectivity index (χ0v) is 18.6. The molecule has 1 fully saturated rings. The third-order valence-electron chi connectivity index (χ3n) is 5.34. The number of aliphatic hydroxyl groups is 1. The van der Waals surface area contributed by atoms with Crippen LogP contribution in [0.1, 0.15) is 30.5 Å². The molecule has 1 aliphatic heterocycles. The maximum absolute atomic E-state index is 13.1. The number of nitrogens with zero attached hydrogens (tertiary/aromatic N) is 1. The summed E-state index contributed by atoms with van der Waals surface area (Å²) in [5, 5.41) is 21.3. The van der Waals surface area contributed by atoms with Crippen molar-refractivity contribution in [1.29, 1.82) is 0 Å². The van der Waals surface area contributed by atoms with Gasteiger partial charge in [0, 0.05) is 16.3 Å². The lowest BCUT2D eigenvalue weighted by Gasteiger charge is -2.25. The Balaban J connectivity index is 1.85. The minimum atomic E-state index is -0.903. The number of aliphatic hydroxyl groups excluding tert-OH is 1. The summed E-state index contributed by atoms with van der Waals surface area (Å²) >= 11 is 6.14. The van der Waals surface area contributed by atoms with Gasteiger partial charge in [0.15, 0.2) is 0 Å². The van der Waals surface area contributed by atoms with E-state index in [9.17, 15) is 19.8 Å². The Hall–Kier alpha value is -3.77. The Morgan fingerprint density at radius 1 is 1.03 bits per heavy atom. The van der Waals surface area contributed by atoms with Crippen LogP contribution in [0.2, 0.25) is 5.02 Å². The van der Waals surface area contributed by atoms with Crippen molar-refractivity contribution in [2.75, 3.05) is 11.5 Å². The van der Waals surface area contributed by atoms with Gasteiger partial charge in [-0.3, -0.25) is 14.5 Å². The van der Waals surface area contributed by atoms with Gasteiger partial charge in [-0.2, -0.15) is 0 Å². The van der Waals surface area contributed by atoms with Gasteiger partial charge in [0.1, 0.15) is 17.3 Å². The Morgan fingerprint density at radius 2 is 1.73 bits per heavy atom. The van der Waals surface area contributed by atoms with E-state index in [4.69, 9.17) is 16.3 Å². The van der Waals surface area contributed by atoms with Crippen molar-refractivity contribution in [3.8, 4) is 11.5 Å². The van der Waals surface area contributed by atoms with Crippen molar-refractivity contribution in [2.24, 2.45) is 0 Å². The lowest BCUT2D eigenvalue weighted by atomic mass is 9.95. The van der Waals surface area contributed by atoms with E-state index < -0.39 is 17.7 Å².